The van der Waals surface area contributed by atoms with Crippen LogP contribution in [0.25, 0.3) is 0 Å². The Balaban J connectivity index is 4.16. The van der Waals surface area contributed by atoms with Gasteiger partial charge < -0.3 is 5.11 Å². The summed E-state index contributed by atoms with van der Waals surface area (Å²) in [7, 11) is 0. The van der Waals surface area contributed by atoms with Crippen molar-refractivity contribution < 1.29 is 14.7 Å². The van der Waals surface area contributed by atoms with Crippen LogP contribution in [0.2, 0.25) is 0 Å². The first-order valence-electron chi connectivity index (χ1n) is 5.33. The summed E-state index contributed by atoms with van der Waals surface area (Å²) in [6, 6.07) is 0.201. The summed E-state index contributed by atoms with van der Waals surface area (Å²) in [5, 5.41) is 8.58. The molecule has 0 radical (unpaired) electrons. The van der Waals surface area contributed by atoms with E-state index in [1.165, 1.54) is 0 Å². The van der Waals surface area contributed by atoms with Gasteiger partial charge in [-0.3, -0.25) is 14.5 Å². The van der Waals surface area contributed by atoms with Gasteiger partial charge >= 0.3 is 5.97 Å². The Morgan fingerprint density at radius 2 is 1.73 bits per heavy atom. The number of carbonyl (C=O) groups excluding carboxylic acids is 1. The zero-order chi connectivity index (χ0) is 12.0. The normalized spacial score (nSPS) is 11.4. The highest BCUT2D eigenvalue weighted by Gasteiger charge is 2.16. The molecule has 4 nitrogen and oxygen atoms in total. The molecule has 0 rings (SSSR count). The summed E-state index contributed by atoms with van der Waals surface area (Å²) in [6.07, 6.45) is 0.0869. The first-order valence-corrected chi connectivity index (χ1v) is 5.33. The lowest BCUT2D eigenvalue weighted by Gasteiger charge is -2.25. The molecule has 0 aliphatic heterocycles. The Morgan fingerprint density at radius 1 is 1.20 bits per heavy atom. The van der Waals surface area contributed by atoms with Gasteiger partial charge in [0.2, 0.25) is 0 Å². The van der Waals surface area contributed by atoms with Crippen molar-refractivity contribution in [2.24, 2.45) is 5.92 Å². The van der Waals surface area contributed by atoms with E-state index in [9.17, 15) is 9.59 Å². The fraction of sp³-hybridized carbons (Fsp3) is 0.818. The maximum Gasteiger partial charge on any atom is 0.304 e. The van der Waals surface area contributed by atoms with E-state index in [2.05, 4.69) is 0 Å². The van der Waals surface area contributed by atoms with Crippen molar-refractivity contribution in [1.82, 2.24) is 4.90 Å². The zero-order valence-electron chi connectivity index (χ0n) is 9.99. The molecule has 0 unspecified atom stereocenters. The molecule has 0 bridgehead atoms. The topological polar surface area (TPSA) is 57.6 Å². The SMILES string of the molecule is CC(C)C(=O)CN(CCC(=O)O)C(C)C. The largest absolute Gasteiger partial charge is 0.481 e. The van der Waals surface area contributed by atoms with Crippen molar-refractivity contribution in [3.05, 3.63) is 0 Å². The van der Waals surface area contributed by atoms with Crippen LogP contribution in [-0.4, -0.2) is 40.9 Å². The second kappa shape index (κ2) is 6.56. The highest BCUT2D eigenvalue weighted by atomic mass is 16.4. The van der Waals surface area contributed by atoms with Gasteiger partial charge in [0.15, 0.2) is 0 Å². The van der Waals surface area contributed by atoms with Crippen LogP contribution in [0.4, 0.5) is 0 Å². The quantitative estimate of drug-likeness (QED) is 0.697. The third-order valence-corrected chi connectivity index (χ3v) is 2.35. The second-order valence-corrected chi connectivity index (χ2v) is 4.33. The Labute approximate surface area is 91.3 Å². The summed E-state index contributed by atoms with van der Waals surface area (Å²) in [4.78, 5) is 23.8. The van der Waals surface area contributed by atoms with Crippen molar-refractivity contribution >= 4 is 11.8 Å². The lowest BCUT2D eigenvalue weighted by Crippen LogP contribution is -2.38. The molecule has 0 aromatic carbocycles. The number of rotatable bonds is 7. The molecule has 15 heavy (non-hydrogen) atoms. The maximum atomic E-state index is 11.5. The van der Waals surface area contributed by atoms with Gasteiger partial charge in [-0.2, -0.15) is 0 Å². The summed E-state index contributed by atoms with van der Waals surface area (Å²) in [5.74, 6) is -0.650. The van der Waals surface area contributed by atoms with E-state index in [4.69, 9.17) is 5.11 Å². The van der Waals surface area contributed by atoms with Crippen LogP contribution in [0.5, 0.6) is 0 Å². The fourth-order valence-corrected chi connectivity index (χ4v) is 1.14. The monoisotopic (exact) mass is 215 g/mol. The van der Waals surface area contributed by atoms with Crippen molar-refractivity contribution in [3.63, 3.8) is 0 Å². The van der Waals surface area contributed by atoms with Crippen LogP contribution in [0, 0.1) is 5.92 Å². The van der Waals surface area contributed by atoms with E-state index in [1.54, 1.807) is 0 Å². The fourth-order valence-electron chi connectivity index (χ4n) is 1.14. The molecule has 0 heterocycles. The third kappa shape index (κ3) is 6.23. The predicted molar refractivity (Wildman–Crippen MR) is 58.8 cm³/mol. The number of carboxylic acids is 1. The van der Waals surface area contributed by atoms with E-state index < -0.39 is 5.97 Å². The lowest BCUT2D eigenvalue weighted by atomic mass is 10.1. The van der Waals surface area contributed by atoms with Crippen LogP contribution in [0.3, 0.4) is 0 Å². The van der Waals surface area contributed by atoms with E-state index >= 15 is 0 Å². The molecule has 1 N–H and O–H groups in total. The number of aliphatic carboxylic acids is 1. The molecule has 0 saturated carbocycles. The van der Waals surface area contributed by atoms with Gasteiger partial charge in [-0.15, -0.1) is 0 Å². The number of ketones is 1. The minimum absolute atomic E-state index is 0.0103. The molecular weight excluding hydrogens is 194 g/mol. The van der Waals surface area contributed by atoms with E-state index in [0.717, 1.165) is 0 Å². The van der Waals surface area contributed by atoms with Gasteiger partial charge in [0.1, 0.15) is 5.78 Å². The molecule has 0 aromatic heterocycles. The van der Waals surface area contributed by atoms with Gasteiger partial charge in [-0.05, 0) is 13.8 Å². The first kappa shape index (κ1) is 14.1. The highest BCUT2D eigenvalue weighted by molar-refractivity contribution is 5.82. The standard InChI is InChI=1S/C11H21NO3/c1-8(2)10(13)7-12(9(3)4)6-5-11(14)15/h8-9H,5-7H2,1-4H3,(H,14,15). The molecule has 0 aromatic rings. The molecule has 0 aliphatic carbocycles. The smallest absolute Gasteiger partial charge is 0.304 e. The lowest BCUT2D eigenvalue weighted by molar-refractivity contribution is -0.138. The molecule has 0 saturated heterocycles. The van der Waals surface area contributed by atoms with Crippen LogP contribution in [0.15, 0.2) is 0 Å². The number of carbonyl (C=O) groups is 2. The highest BCUT2D eigenvalue weighted by Crippen LogP contribution is 2.03. The molecule has 0 fully saturated rings. The molecule has 0 atom stereocenters. The number of hydrogen-bond donors (Lipinski definition) is 1. The van der Waals surface area contributed by atoms with E-state index in [-0.39, 0.29) is 24.2 Å². The number of Topliss-reactive ketones (excluding diaryl/α,β-unsaturated/α-hetero) is 1. The minimum atomic E-state index is -0.822. The van der Waals surface area contributed by atoms with E-state index in [0.29, 0.717) is 13.1 Å². The first-order chi connectivity index (χ1) is 6.84. The van der Waals surface area contributed by atoms with Crippen LogP contribution in [-0.2, 0) is 9.59 Å². The Kier molecular flexibility index (Phi) is 6.17. The van der Waals surface area contributed by atoms with Crippen molar-refractivity contribution in [2.75, 3.05) is 13.1 Å². The molecule has 4 heteroatoms. The van der Waals surface area contributed by atoms with Crippen LogP contribution in [0.1, 0.15) is 34.1 Å². The summed E-state index contributed by atoms with van der Waals surface area (Å²) < 4.78 is 0. The Bertz CT molecular complexity index is 224. The average Bonchev–Trinajstić information content (AvgIpc) is 2.10. The van der Waals surface area contributed by atoms with Crippen LogP contribution < -0.4 is 0 Å². The summed E-state index contributed by atoms with van der Waals surface area (Å²) in [5.41, 5.74) is 0. The minimum Gasteiger partial charge on any atom is -0.481 e. The number of hydrogen-bond acceptors (Lipinski definition) is 3. The second-order valence-electron chi connectivity index (χ2n) is 4.33. The zero-order valence-corrected chi connectivity index (χ0v) is 9.99. The van der Waals surface area contributed by atoms with Gasteiger partial charge in [0.05, 0.1) is 13.0 Å². The van der Waals surface area contributed by atoms with Gasteiger partial charge in [-0.25, -0.2) is 0 Å². The molecule has 0 spiro atoms. The molecule has 0 amide bonds. The van der Waals surface area contributed by atoms with Crippen molar-refractivity contribution in [2.45, 2.75) is 40.2 Å². The van der Waals surface area contributed by atoms with Crippen molar-refractivity contribution in [3.8, 4) is 0 Å². The summed E-state index contributed by atoms with van der Waals surface area (Å²) in [6.45, 7) is 8.44. The number of carboxylic acid groups (broad SMARTS) is 1. The van der Waals surface area contributed by atoms with Gasteiger partial charge in [0.25, 0.3) is 0 Å². The average molecular weight is 215 g/mol. The Morgan fingerprint density at radius 3 is 2.07 bits per heavy atom. The van der Waals surface area contributed by atoms with Crippen LogP contribution >= 0.6 is 0 Å². The molecule has 88 valence electrons. The third-order valence-electron chi connectivity index (χ3n) is 2.35. The predicted octanol–water partition coefficient (Wildman–Crippen LogP) is 1.40. The van der Waals surface area contributed by atoms with Gasteiger partial charge in [-0.1, -0.05) is 13.8 Å². The maximum absolute atomic E-state index is 11.5. The van der Waals surface area contributed by atoms with E-state index in [1.807, 2.05) is 32.6 Å². The van der Waals surface area contributed by atoms with Crippen molar-refractivity contribution in [1.29, 1.82) is 0 Å². The Hall–Kier alpha value is -0.900. The molecule has 0 aliphatic rings. The summed E-state index contributed by atoms with van der Waals surface area (Å²) >= 11 is 0. The molecular formula is C11H21NO3. The van der Waals surface area contributed by atoms with Gasteiger partial charge in [0, 0.05) is 18.5 Å². The number of nitrogens with zero attached hydrogens (tertiary/aromatic N) is 1.